The molecule has 3 saturated carbocycles. The average molecular weight is 601 g/mol. The SMILES string of the molecule is C=C[C@]1(C)C[C@@H](OC(=O)CSc2cccc(CNC(=O)[C@@H](N)[C@@H](C)O)c2)[C@]2(C)C(C)CCC3(CCC(=O)C32)[C@@H](C)[C@@H]1O. The lowest BCUT2D eigenvalue weighted by molar-refractivity contribution is -0.205. The Morgan fingerprint density at radius 2 is 2.00 bits per heavy atom. The molecule has 3 aliphatic carbocycles. The van der Waals surface area contributed by atoms with Crippen molar-refractivity contribution >= 4 is 29.4 Å². The number of Topliss-reactive ketones (excluding diaryl/α,β-unsaturated/α-hetero) is 1. The van der Waals surface area contributed by atoms with Gasteiger partial charge in [0.1, 0.15) is 17.9 Å². The molecule has 0 aliphatic heterocycles. The van der Waals surface area contributed by atoms with Gasteiger partial charge in [0.15, 0.2) is 0 Å². The van der Waals surface area contributed by atoms with Gasteiger partial charge < -0.3 is 26.0 Å². The molecule has 0 aromatic heterocycles. The van der Waals surface area contributed by atoms with Gasteiger partial charge in [0.05, 0.1) is 18.0 Å². The Morgan fingerprint density at radius 3 is 2.67 bits per heavy atom. The highest BCUT2D eigenvalue weighted by atomic mass is 32.2. The Labute approximate surface area is 254 Å². The van der Waals surface area contributed by atoms with E-state index >= 15 is 0 Å². The highest BCUT2D eigenvalue weighted by Gasteiger charge is 2.68. The summed E-state index contributed by atoms with van der Waals surface area (Å²) < 4.78 is 6.33. The monoisotopic (exact) mass is 600 g/mol. The number of benzene rings is 1. The number of rotatable bonds is 9. The third-order valence-corrected chi connectivity index (χ3v) is 12.1. The first kappa shape index (κ1) is 32.7. The summed E-state index contributed by atoms with van der Waals surface area (Å²) in [5.41, 5.74) is 5.01. The van der Waals surface area contributed by atoms with Crippen LogP contribution in [0.15, 0.2) is 41.8 Å². The minimum absolute atomic E-state index is 0.0733. The predicted molar refractivity (Wildman–Crippen MR) is 163 cm³/mol. The van der Waals surface area contributed by atoms with Gasteiger partial charge in [-0.3, -0.25) is 14.4 Å². The maximum atomic E-state index is 13.6. The molecule has 4 rings (SSSR count). The molecule has 1 aromatic rings. The lowest BCUT2D eigenvalue weighted by atomic mass is 9.44. The molecule has 1 amide bonds. The molecule has 5 N–H and O–H groups in total. The van der Waals surface area contributed by atoms with Crippen LogP contribution in [0.5, 0.6) is 0 Å². The first-order chi connectivity index (χ1) is 19.7. The number of ketones is 1. The van der Waals surface area contributed by atoms with E-state index in [0.717, 1.165) is 29.7 Å². The molecule has 3 fully saturated rings. The van der Waals surface area contributed by atoms with Crippen molar-refractivity contribution in [2.45, 2.75) is 103 Å². The molecule has 0 heterocycles. The van der Waals surface area contributed by atoms with Crippen molar-refractivity contribution in [3.05, 3.63) is 42.5 Å². The largest absolute Gasteiger partial charge is 0.461 e. The maximum absolute atomic E-state index is 13.6. The third-order valence-electron chi connectivity index (χ3n) is 11.1. The van der Waals surface area contributed by atoms with Gasteiger partial charge in [-0.05, 0) is 67.6 Å². The molecule has 3 aliphatic rings. The van der Waals surface area contributed by atoms with Gasteiger partial charge in [-0.15, -0.1) is 18.3 Å². The zero-order valence-corrected chi connectivity index (χ0v) is 26.4. The summed E-state index contributed by atoms with van der Waals surface area (Å²) in [6.45, 7) is 14.2. The van der Waals surface area contributed by atoms with E-state index < -0.39 is 41.1 Å². The molecular formula is C33H48N2O6S. The summed E-state index contributed by atoms with van der Waals surface area (Å²) in [7, 11) is 0. The normalized spacial score (nSPS) is 37.5. The Balaban J connectivity index is 1.51. The molecule has 2 bridgehead atoms. The quantitative estimate of drug-likeness (QED) is 0.190. The summed E-state index contributed by atoms with van der Waals surface area (Å²) in [5.74, 6) is -0.643. The average Bonchev–Trinajstić information content (AvgIpc) is 3.32. The van der Waals surface area contributed by atoms with Crippen molar-refractivity contribution in [1.82, 2.24) is 5.32 Å². The summed E-state index contributed by atoms with van der Waals surface area (Å²) >= 11 is 1.35. The van der Waals surface area contributed by atoms with Crippen LogP contribution >= 0.6 is 11.8 Å². The molecule has 9 heteroatoms. The third kappa shape index (κ3) is 5.82. The minimum Gasteiger partial charge on any atom is -0.461 e. The first-order valence-electron chi connectivity index (χ1n) is 15.2. The summed E-state index contributed by atoms with van der Waals surface area (Å²) in [5, 5.41) is 23.9. The van der Waals surface area contributed by atoms with Gasteiger partial charge in [-0.1, -0.05) is 45.9 Å². The van der Waals surface area contributed by atoms with E-state index in [1.807, 2.05) is 31.2 Å². The number of amides is 1. The Kier molecular flexibility index (Phi) is 9.68. The number of ether oxygens (including phenoxy) is 1. The zero-order chi connectivity index (χ0) is 31.0. The Morgan fingerprint density at radius 1 is 1.29 bits per heavy atom. The van der Waals surface area contributed by atoms with E-state index in [2.05, 4.69) is 32.7 Å². The second kappa shape index (κ2) is 12.4. The van der Waals surface area contributed by atoms with Gasteiger partial charge in [0.2, 0.25) is 5.91 Å². The van der Waals surface area contributed by atoms with Crippen molar-refractivity contribution in [1.29, 1.82) is 0 Å². The highest BCUT2D eigenvalue weighted by Crippen LogP contribution is 2.68. The molecule has 42 heavy (non-hydrogen) atoms. The summed E-state index contributed by atoms with van der Waals surface area (Å²) in [6.07, 6.45) is 3.11. The Bertz CT molecular complexity index is 1210. The van der Waals surface area contributed by atoms with E-state index in [0.29, 0.717) is 12.8 Å². The van der Waals surface area contributed by atoms with Crippen molar-refractivity contribution < 1.29 is 29.3 Å². The topological polar surface area (TPSA) is 139 Å². The lowest BCUT2D eigenvalue weighted by Crippen LogP contribution is -2.63. The van der Waals surface area contributed by atoms with Crippen molar-refractivity contribution in [3.8, 4) is 0 Å². The molecule has 10 atom stereocenters. The van der Waals surface area contributed by atoms with Crippen molar-refractivity contribution in [3.63, 3.8) is 0 Å². The van der Waals surface area contributed by atoms with Crippen LogP contribution in [0.2, 0.25) is 0 Å². The highest BCUT2D eigenvalue weighted by molar-refractivity contribution is 8.00. The van der Waals surface area contributed by atoms with Crippen LogP contribution in [0, 0.1) is 34.0 Å². The number of hydrogen-bond acceptors (Lipinski definition) is 8. The van der Waals surface area contributed by atoms with E-state index in [1.165, 1.54) is 18.7 Å². The minimum atomic E-state index is -1.00. The molecular weight excluding hydrogens is 552 g/mol. The second-order valence-corrected chi connectivity index (χ2v) is 14.5. The molecule has 0 saturated heterocycles. The van der Waals surface area contributed by atoms with Gasteiger partial charge in [-0.2, -0.15) is 0 Å². The Hall–Kier alpha value is -2.20. The zero-order valence-electron chi connectivity index (χ0n) is 25.6. The number of aliphatic hydroxyl groups is 2. The number of nitrogens with two attached hydrogens (primary N) is 1. The summed E-state index contributed by atoms with van der Waals surface area (Å²) in [6, 6.07) is 6.50. The van der Waals surface area contributed by atoms with E-state index in [1.54, 1.807) is 6.08 Å². The summed E-state index contributed by atoms with van der Waals surface area (Å²) in [4.78, 5) is 40.0. The van der Waals surface area contributed by atoms with E-state index in [4.69, 9.17) is 10.5 Å². The number of nitrogens with one attached hydrogen (secondary N) is 1. The van der Waals surface area contributed by atoms with Gasteiger partial charge in [0, 0.05) is 34.6 Å². The fraction of sp³-hybridized carbons (Fsp3) is 0.667. The number of carbonyl (C=O) groups excluding carboxylic acids is 3. The maximum Gasteiger partial charge on any atom is 0.316 e. The van der Waals surface area contributed by atoms with Crippen LogP contribution in [0.25, 0.3) is 0 Å². The standard InChI is InChI=1S/C33H48N2O6S/c1-7-31(5)16-25(32(6)19(2)11-13-33(20(3)29(31)39)14-12-24(37)28(32)33)41-26(38)18-42-23-10-8-9-22(15-23)17-35-30(40)27(34)21(4)36/h7-10,15,19-21,25,27-29,36,39H,1,11-14,16-18,34H2,2-6H3,(H,35,40)/t19?,20-,21+,25+,27-,28?,29-,31+,32-,33?/m0/s1. The number of aliphatic hydroxyl groups excluding tert-OH is 2. The van der Waals surface area contributed by atoms with Crippen LogP contribution in [-0.4, -0.2) is 58.0 Å². The van der Waals surface area contributed by atoms with Crippen LogP contribution in [0.3, 0.4) is 0 Å². The number of esters is 1. The van der Waals surface area contributed by atoms with Crippen LogP contribution < -0.4 is 11.1 Å². The van der Waals surface area contributed by atoms with Gasteiger partial charge in [-0.25, -0.2) is 0 Å². The van der Waals surface area contributed by atoms with Gasteiger partial charge in [0.25, 0.3) is 0 Å². The predicted octanol–water partition coefficient (Wildman–Crippen LogP) is 4.01. The van der Waals surface area contributed by atoms with Crippen LogP contribution in [-0.2, 0) is 25.7 Å². The molecule has 232 valence electrons. The number of thioether (sulfide) groups is 1. The van der Waals surface area contributed by atoms with Crippen molar-refractivity contribution in [2.75, 3.05) is 5.75 Å². The molecule has 0 radical (unpaired) electrons. The molecule has 0 spiro atoms. The van der Waals surface area contributed by atoms with Crippen LogP contribution in [0.4, 0.5) is 0 Å². The molecule has 3 unspecified atom stereocenters. The fourth-order valence-corrected chi connectivity index (χ4v) is 8.87. The second-order valence-electron chi connectivity index (χ2n) is 13.5. The van der Waals surface area contributed by atoms with E-state index in [-0.39, 0.29) is 47.2 Å². The van der Waals surface area contributed by atoms with Crippen LogP contribution in [0.1, 0.15) is 72.3 Å². The lowest BCUT2D eigenvalue weighted by Gasteiger charge is -2.61. The smallest absolute Gasteiger partial charge is 0.316 e. The molecule has 1 aromatic carbocycles. The van der Waals surface area contributed by atoms with Crippen molar-refractivity contribution in [2.24, 2.45) is 39.7 Å². The van der Waals surface area contributed by atoms with E-state index in [9.17, 15) is 24.6 Å². The van der Waals surface area contributed by atoms with Gasteiger partial charge >= 0.3 is 5.97 Å². The number of carbonyl (C=O) groups is 3. The molecule has 8 nitrogen and oxygen atoms in total. The fourth-order valence-electron chi connectivity index (χ4n) is 8.11. The first-order valence-corrected chi connectivity index (χ1v) is 16.1. The number of hydrogen-bond donors (Lipinski definition) is 4.